The number of allylic oxidation sites excluding steroid dienone is 2. The van der Waals surface area contributed by atoms with Gasteiger partial charge in [-0.25, -0.2) is 4.79 Å². The number of hydrogen-bond donors (Lipinski definition) is 4. The lowest BCUT2D eigenvalue weighted by Gasteiger charge is -2.11. The monoisotopic (exact) mass is 355 g/mol. The highest BCUT2D eigenvalue weighted by Gasteiger charge is 2.10. The Hall–Kier alpha value is -2.35. The average Bonchev–Trinajstić information content (AvgIpc) is 2.55. The molecule has 0 aromatic carbocycles. The summed E-state index contributed by atoms with van der Waals surface area (Å²) in [4.78, 5) is 34.6. The largest absolute Gasteiger partial charge is 0.445 e. The molecule has 0 rings (SSSR count). The van der Waals surface area contributed by atoms with Crippen LogP contribution in [0, 0.1) is 5.92 Å². The Kier molecular flexibility index (Phi) is 11.8. The van der Waals surface area contributed by atoms with Crippen molar-refractivity contribution in [2.24, 2.45) is 5.92 Å². The van der Waals surface area contributed by atoms with Crippen LogP contribution in [0.5, 0.6) is 0 Å². The summed E-state index contributed by atoms with van der Waals surface area (Å²) in [6.07, 6.45) is 4.97. The van der Waals surface area contributed by atoms with Crippen LogP contribution in [-0.4, -0.2) is 55.4 Å². The van der Waals surface area contributed by atoms with Gasteiger partial charge in [0.15, 0.2) is 0 Å². The van der Waals surface area contributed by atoms with Crippen molar-refractivity contribution in [2.75, 3.05) is 26.3 Å². The molecule has 0 heterocycles. The highest BCUT2D eigenvalue weighted by Crippen LogP contribution is 2.05. The third-order valence-electron chi connectivity index (χ3n) is 2.82. The Morgan fingerprint density at radius 2 is 1.72 bits per heavy atom. The fourth-order valence-corrected chi connectivity index (χ4v) is 1.76. The molecule has 0 radical (unpaired) electrons. The average molecular weight is 355 g/mol. The lowest BCUT2D eigenvalue weighted by molar-refractivity contribution is -0.126. The quantitative estimate of drug-likeness (QED) is 0.425. The van der Waals surface area contributed by atoms with Crippen LogP contribution in [0.3, 0.4) is 0 Å². The first-order valence-electron chi connectivity index (χ1n) is 8.19. The topological polar surface area (TPSA) is 117 Å². The summed E-state index contributed by atoms with van der Waals surface area (Å²) < 4.78 is 5.04. The van der Waals surface area contributed by atoms with Gasteiger partial charge in [0.05, 0.1) is 13.2 Å². The number of aliphatic hydroxyl groups excluding tert-OH is 1. The number of aliphatic hydroxyl groups is 1. The molecule has 142 valence electrons. The Balaban J connectivity index is 4.08. The second kappa shape index (κ2) is 13.0. The summed E-state index contributed by atoms with van der Waals surface area (Å²) in [5.74, 6) is -0.620. The van der Waals surface area contributed by atoms with Crippen molar-refractivity contribution in [2.45, 2.75) is 33.7 Å². The SMILES string of the molecule is C/C=C\C(=C/C(C)C)COC(=O)NCC(=O)NCC(=O)NC(C)CO. The van der Waals surface area contributed by atoms with Crippen LogP contribution in [0.15, 0.2) is 23.8 Å². The minimum atomic E-state index is -0.715. The van der Waals surface area contributed by atoms with Crippen LogP contribution in [0.2, 0.25) is 0 Å². The van der Waals surface area contributed by atoms with E-state index in [1.807, 2.05) is 39.0 Å². The van der Waals surface area contributed by atoms with E-state index < -0.39 is 17.9 Å². The van der Waals surface area contributed by atoms with Crippen molar-refractivity contribution in [1.82, 2.24) is 16.0 Å². The van der Waals surface area contributed by atoms with Crippen molar-refractivity contribution >= 4 is 17.9 Å². The fourth-order valence-electron chi connectivity index (χ4n) is 1.76. The van der Waals surface area contributed by atoms with E-state index in [4.69, 9.17) is 9.84 Å². The molecule has 0 aliphatic rings. The highest BCUT2D eigenvalue weighted by molar-refractivity contribution is 5.87. The minimum Gasteiger partial charge on any atom is -0.445 e. The fraction of sp³-hybridized carbons (Fsp3) is 0.588. The number of carbonyl (C=O) groups excluding carboxylic acids is 3. The number of nitrogens with one attached hydrogen (secondary N) is 3. The maximum atomic E-state index is 11.6. The van der Waals surface area contributed by atoms with Gasteiger partial charge in [-0.15, -0.1) is 0 Å². The maximum Gasteiger partial charge on any atom is 0.407 e. The number of amides is 3. The second-order valence-electron chi connectivity index (χ2n) is 5.84. The molecular formula is C17H29N3O5. The zero-order valence-electron chi connectivity index (χ0n) is 15.3. The third-order valence-corrected chi connectivity index (χ3v) is 2.82. The summed E-state index contributed by atoms with van der Waals surface area (Å²) in [6, 6.07) is -0.386. The van der Waals surface area contributed by atoms with Gasteiger partial charge in [0, 0.05) is 6.04 Å². The highest BCUT2D eigenvalue weighted by atomic mass is 16.5. The normalized spacial score (nSPS) is 12.8. The molecule has 0 bridgehead atoms. The van der Waals surface area contributed by atoms with E-state index in [1.165, 1.54) is 0 Å². The molecule has 0 aromatic rings. The van der Waals surface area contributed by atoms with Gasteiger partial charge in [0.25, 0.3) is 0 Å². The van der Waals surface area contributed by atoms with Gasteiger partial charge >= 0.3 is 6.09 Å². The molecule has 8 heteroatoms. The molecule has 0 aliphatic carbocycles. The van der Waals surface area contributed by atoms with Crippen LogP contribution in [0.4, 0.5) is 4.79 Å². The van der Waals surface area contributed by atoms with Crippen molar-refractivity contribution in [1.29, 1.82) is 0 Å². The smallest absolute Gasteiger partial charge is 0.407 e. The summed E-state index contributed by atoms with van der Waals surface area (Å²) in [5, 5.41) is 16.0. The van der Waals surface area contributed by atoms with Gasteiger partial charge < -0.3 is 25.8 Å². The number of rotatable bonds is 10. The molecule has 0 saturated heterocycles. The molecule has 0 spiro atoms. The Morgan fingerprint density at radius 3 is 2.28 bits per heavy atom. The van der Waals surface area contributed by atoms with E-state index in [0.717, 1.165) is 5.57 Å². The minimum absolute atomic E-state index is 0.109. The molecule has 0 fully saturated rings. The number of carbonyl (C=O) groups is 3. The molecule has 25 heavy (non-hydrogen) atoms. The predicted molar refractivity (Wildman–Crippen MR) is 94.8 cm³/mol. The molecule has 0 aromatic heterocycles. The molecule has 8 nitrogen and oxygen atoms in total. The standard InChI is InChI=1S/C17H29N3O5/c1-5-6-14(7-12(2)3)11-25-17(24)19-8-15(22)18-9-16(23)20-13(4)10-21/h5-7,12-13,21H,8-11H2,1-4H3,(H,18,22)(H,19,24)(H,20,23)/b6-5-,14-7+. The molecular weight excluding hydrogens is 326 g/mol. The van der Waals surface area contributed by atoms with Gasteiger partial charge in [-0.05, 0) is 25.3 Å². The number of hydrogen-bond acceptors (Lipinski definition) is 5. The molecule has 4 N–H and O–H groups in total. The van der Waals surface area contributed by atoms with Gasteiger partial charge in [-0.3, -0.25) is 9.59 Å². The molecule has 1 unspecified atom stereocenters. The van der Waals surface area contributed by atoms with Gasteiger partial charge in [0.2, 0.25) is 11.8 Å². The van der Waals surface area contributed by atoms with Crippen LogP contribution < -0.4 is 16.0 Å². The molecule has 0 aliphatic heterocycles. The van der Waals surface area contributed by atoms with Gasteiger partial charge in [-0.1, -0.05) is 32.1 Å². The summed E-state index contributed by atoms with van der Waals surface area (Å²) >= 11 is 0. The first kappa shape index (κ1) is 22.6. The van der Waals surface area contributed by atoms with Crippen LogP contribution in [0.1, 0.15) is 27.7 Å². The summed E-state index contributed by atoms with van der Waals surface area (Å²) in [6.45, 7) is 6.93. The summed E-state index contributed by atoms with van der Waals surface area (Å²) in [7, 11) is 0. The zero-order chi connectivity index (χ0) is 19.2. The lowest BCUT2D eigenvalue weighted by atomic mass is 10.1. The first-order chi connectivity index (χ1) is 11.8. The zero-order valence-corrected chi connectivity index (χ0v) is 15.3. The maximum absolute atomic E-state index is 11.6. The van der Waals surface area contributed by atoms with Crippen molar-refractivity contribution < 1.29 is 24.2 Å². The van der Waals surface area contributed by atoms with Crippen LogP contribution >= 0.6 is 0 Å². The predicted octanol–water partition coefficient (Wildman–Crippen LogP) is 0.484. The van der Waals surface area contributed by atoms with Crippen LogP contribution in [0.25, 0.3) is 0 Å². The molecule has 3 amide bonds. The van der Waals surface area contributed by atoms with Crippen molar-refractivity contribution in [3.8, 4) is 0 Å². The summed E-state index contributed by atoms with van der Waals surface area (Å²) in [5.41, 5.74) is 0.867. The lowest BCUT2D eigenvalue weighted by Crippen LogP contribution is -2.44. The van der Waals surface area contributed by atoms with E-state index in [-0.39, 0.29) is 32.3 Å². The third kappa shape index (κ3) is 12.7. The van der Waals surface area contributed by atoms with E-state index >= 15 is 0 Å². The molecule has 1 atom stereocenters. The number of alkyl carbamates (subject to hydrolysis) is 1. The van der Waals surface area contributed by atoms with E-state index in [0.29, 0.717) is 5.92 Å². The number of ether oxygens (including phenoxy) is 1. The van der Waals surface area contributed by atoms with E-state index in [9.17, 15) is 14.4 Å². The Bertz CT molecular complexity index is 501. The van der Waals surface area contributed by atoms with Crippen molar-refractivity contribution in [3.05, 3.63) is 23.8 Å². The van der Waals surface area contributed by atoms with E-state index in [2.05, 4.69) is 16.0 Å². The Labute approximate surface area is 148 Å². The first-order valence-corrected chi connectivity index (χ1v) is 8.19. The van der Waals surface area contributed by atoms with E-state index in [1.54, 1.807) is 6.92 Å². The Morgan fingerprint density at radius 1 is 1.08 bits per heavy atom. The van der Waals surface area contributed by atoms with Crippen molar-refractivity contribution in [3.63, 3.8) is 0 Å². The van der Waals surface area contributed by atoms with Crippen LogP contribution in [-0.2, 0) is 14.3 Å². The second-order valence-corrected chi connectivity index (χ2v) is 5.84. The van der Waals surface area contributed by atoms with Gasteiger partial charge in [0.1, 0.15) is 13.2 Å². The molecule has 0 saturated carbocycles. The van der Waals surface area contributed by atoms with Gasteiger partial charge in [-0.2, -0.15) is 0 Å².